The molecule has 238 valence electrons. The average Bonchev–Trinajstić information content (AvgIpc) is 2.95. The number of aryl methyl sites for hydroxylation is 1. The largest absolute Gasteiger partial charge is 0.393 e. The number of alkyl halides is 3. The number of hydrogen-bond acceptors (Lipinski definition) is 9. The number of likely N-dealkylation sites (N-methyl/N-ethyl adjacent to an activating group) is 1. The summed E-state index contributed by atoms with van der Waals surface area (Å²) in [5.74, 6) is 0.883. The van der Waals surface area contributed by atoms with Crippen molar-refractivity contribution in [3.63, 3.8) is 0 Å². The molecule has 3 aliphatic heterocycles. The second-order valence-corrected chi connectivity index (χ2v) is 14.4. The van der Waals surface area contributed by atoms with Gasteiger partial charge < -0.3 is 19.1 Å². The Morgan fingerprint density at radius 3 is 2.55 bits per heavy atom. The zero-order valence-corrected chi connectivity index (χ0v) is 25.6. The molecule has 0 saturated carbocycles. The summed E-state index contributed by atoms with van der Waals surface area (Å²) >= 11 is 0. The van der Waals surface area contributed by atoms with Crippen LogP contribution in [-0.2, 0) is 29.5 Å². The number of halogens is 3. The van der Waals surface area contributed by atoms with Crippen molar-refractivity contribution < 1.29 is 30.9 Å². The molecule has 1 N–H and O–H groups in total. The Hall–Kier alpha value is -3.00. The highest BCUT2D eigenvalue weighted by atomic mass is 32.2. The van der Waals surface area contributed by atoms with Crippen LogP contribution >= 0.6 is 0 Å². The van der Waals surface area contributed by atoms with Crippen molar-refractivity contribution >= 4 is 26.8 Å². The van der Waals surface area contributed by atoms with Gasteiger partial charge in [0.25, 0.3) is 0 Å². The van der Waals surface area contributed by atoms with Crippen LogP contribution in [0.5, 0.6) is 5.75 Å². The summed E-state index contributed by atoms with van der Waals surface area (Å²) in [6, 6.07) is 10.3. The summed E-state index contributed by atoms with van der Waals surface area (Å²) in [5, 5.41) is 11.1. The number of hydrogen-bond donors (Lipinski definition) is 1. The highest BCUT2D eigenvalue weighted by Crippen LogP contribution is 2.44. The lowest BCUT2D eigenvalue weighted by atomic mass is 9.72. The molecule has 3 aliphatic rings. The van der Waals surface area contributed by atoms with Crippen LogP contribution in [0.1, 0.15) is 36.0 Å². The van der Waals surface area contributed by atoms with Gasteiger partial charge in [0.2, 0.25) is 0 Å². The van der Waals surface area contributed by atoms with E-state index in [-0.39, 0.29) is 16.7 Å². The van der Waals surface area contributed by atoms with Crippen LogP contribution in [0, 0.1) is 5.41 Å². The number of fused-ring (bicyclic) bond motifs is 2. The molecular formula is C31H38F3N5O4S. The quantitative estimate of drug-likeness (QED) is 0.431. The molecule has 4 heterocycles. The van der Waals surface area contributed by atoms with Gasteiger partial charge in [-0.2, -0.15) is 21.6 Å². The van der Waals surface area contributed by atoms with Crippen LogP contribution in [0.15, 0.2) is 42.7 Å². The summed E-state index contributed by atoms with van der Waals surface area (Å²) < 4.78 is 69.6. The van der Waals surface area contributed by atoms with Crippen molar-refractivity contribution in [3.8, 4) is 5.75 Å². The van der Waals surface area contributed by atoms with E-state index in [1.807, 2.05) is 17.0 Å². The zero-order valence-electron chi connectivity index (χ0n) is 24.8. The van der Waals surface area contributed by atoms with Crippen molar-refractivity contribution in [1.82, 2.24) is 19.8 Å². The third kappa shape index (κ3) is 7.27. The topological polar surface area (TPSA) is 99.1 Å². The molecule has 1 atom stereocenters. The molecule has 0 radical (unpaired) electrons. The Morgan fingerprint density at radius 2 is 1.80 bits per heavy atom. The van der Waals surface area contributed by atoms with Crippen LogP contribution in [0.4, 0.5) is 19.0 Å². The van der Waals surface area contributed by atoms with E-state index in [1.165, 1.54) is 12.4 Å². The normalized spacial score (nSPS) is 23.0. The lowest BCUT2D eigenvalue weighted by molar-refractivity contribution is -0.127. The maximum absolute atomic E-state index is 13.0. The highest BCUT2D eigenvalue weighted by molar-refractivity contribution is 7.87. The van der Waals surface area contributed by atoms with Gasteiger partial charge in [-0.3, -0.25) is 4.90 Å². The second-order valence-electron chi connectivity index (χ2n) is 12.7. The van der Waals surface area contributed by atoms with Gasteiger partial charge in [-0.05, 0) is 80.7 Å². The molecule has 0 bridgehead atoms. The number of piperidine rings is 1. The maximum Gasteiger partial charge on any atom is 0.393 e. The first-order valence-electron chi connectivity index (χ1n) is 15.0. The average molecular weight is 634 g/mol. The summed E-state index contributed by atoms with van der Waals surface area (Å²) in [5.41, 5.74) is 2.84. The molecule has 2 fully saturated rings. The Balaban J connectivity index is 1.08. The van der Waals surface area contributed by atoms with Crippen LogP contribution in [0.2, 0.25) is 0 Å². The van der Waals surface area contributed by atoms with Crippen molar-refractivity contribution in [2.75, 3.05) is 57.0 Å². The molecule has 44 heavy (non-hydrogen) atoms. The maximum atomic E-state index is 13.0. The smallest absolute Gasteiger partial charge is 0.392 e. The van der Waals surface area contributed by atoms with E-state index in [0.717, 1.165) is 56.7 Å². The van der Waals surface area contributed by atoms with Gasteiger partial charge in [0.1, 0.15) is 17.9 Å². The third-order valence-electron chi connectivity index (χ3n) is 9.09. The van der Waals surface area contributed by atoms with E-state index in [2.05, 4.69) is 19.8 Å². The van der Waals surface area contributed by atoms with E-state index in [9.17, 15) is 26.7 Å². The number of nitrogens with zero attached hydrogens (tertiary/aromatic N) is 5. The first-order chi connectivity index (χ1) is 20.9. The molecule has 13 heteroatoms. The monoisotopic (exact) mass is 633 g/mol. The Labute approximate surface area is 255 Å². The Kier molecular flexibility index (Phi) is 8.50. The van der Waals surface area contributed by atoms with Crippen LogP contribution < -0.4 is 9.08 Å². The first-order valence-corrected chi connectivity index (χ1v) is 16.6. The number of benzene rings is 2. The van der Waals surface area contributed by atoms with Crippen LogP contribution in [0.3, 0.4) is 0 Å². The molecular weight excluding hydrogens is 595 g/mol. The molecule has 2 aromatic carbocycles. The van der Waals surface area contributed by atoms with Crippen LogP contribution in [-0.4, -0.2) is 97.6 Å². The van der Waals surface area contributed by atoms with Crippen molar-refractivity contribution in [3.05, 3.63) is 59.4 Å². The fourth-order valence-electron chi connectivity index (χ4n) is 6.68. The number of aliphatic hydroxyl groups excluding tert-OH is 1. The number of rotatable bonds is 4. The minimum atomic E-state index is -4.28. The summed E-state index contributed by atoms with van der Waals surface area (Å²) in [4.78, 5) is 15.1. The minimum absolute atomic E-state index is 0.142. The number of anilines is 1. The van der Waals surface area contributed by atoms with Gasteiger partial charge in [0.05, 0.1) is 23.8 Å². The minimum Gasteiger partial charge on any atom is -0.392 e. The van der Waals surface area contributed by atoms with Gasteiger partial charge in [-0.25, -0.2) is 9.97 Å². The lowest BCUT2D eigenvalue weighted by Crippen LogP contribution is -2.60. The van der Waals surface area contributed by atoms with E-state index in [1.54, 1.807) is 25.2 Å². The fraction of sp³-hybridized carbons (Fsp3) is 0.548. The summed E-state index contributed by atoms with van der Waals surface area (Å²) in [7, 11) is -1.96. The standard InChI is InChI=1S/C31H38F3N5O4S/c1-37-12-13-44(41,42)43-28-7-3-23(14-24(28)4-5-25(40)18-37)17-38-10-8-30(9-11-38)19-39(20-30)29-26-15-22(16-31(32,33)34)2-6-27(26)35-21-36-29/h2-3,6-7,14-15,21,25,40H,4-5,8-13,16-20H2,1H3/t25-/m1/s1. The van der Waals surface area contributed by atoms with E-state index < -0.39 is 28.8 Å². The number of aliphatic hydroxyl groups is 1. The first kappa shape index (κ1) is 31.0. The second kappa shape index (κ2) is 12.1. The molecule has 3 aromatic rings. The molecule has 6 rings (SSSR count). The van der Waals surface area contributed by atoms with Crippen LogP contribution in [0.25, 0.3) is 10.9 Å². The predicted octanol–water partition coefficient (Wildman–Crippen LogP) is 3.78. The van der Waals surface area contributed by atoms with Crippen molar-refractivity contribution in [2.24, 2.45) is 5.41 Å². The van der Waals surface area contributed by atoms with Crippen molar-refractivity contribution in [2.45, 2.75) is 50.9 Å². The zero-order chi connectivity index (χ0) is 31.1. The summed E-state index contributed by atoms with van der Waals surface area (Å²) in [6.45, 7) is 4.84. The number of likely N-dealkylation sites (tertiary alicyclic amines) is 1. The third-order valence-corrected chi connectivity index (χ3v) is 10.2. The fourth-order valence-corrected chi connectivity index (χ4v) is 7.73. The molecule has 0 aliphatic carbocycles. The summed E-state index contributed by atoms with van der Waals surface area (Å²) in [6.07, 6.45) is -1.31. The SMILES string of the molecule is CN1CCS(=O)(=O)Oc2ccc(CN3CCC4(CC3)CN(c3ncnc5ccc(CC(F)(F)F)cc35)C4)cc2CC[C@@H](O)C1. The highest BCUT2D eigenvalue weighted by Gasteiger charge is 2.45. The van der Waals surface area contributed by atoms with E-state index >= 15 is 0 Å². The Morgan fingerprint density at radius 1 is 1.05 bits per heavy atom. The van der Waals surface area contributed by atoms with E-state index in [4.69, 9.17) is 4.18 Å². The lowest BCUT2D eigenvalue weighted by Gasteiger charge is -2.54. The molecule has 1 aromatic heterocycles. The van der Waals surface area contributed by atoms with Gasteiger partial charge >= 0.3 is 16.3 Å². The number of β-amino-alcohol motifs (C(OH)–C–C–N with tert-alkyl or cyclic N) is 1. The van der Waals surface area contributed by atoms with Gasteiger partial charge in [0, 0.05) is 43.5 Å². The molecule has 0 amide bonds. The number of aromatic nitrogens is 2. The molecule has 1 spiro atoms. The van der Waals surface area contributed by atoms with Gasteiger partial charge in [0.15, 0.2) is 0 Å². The van der Waals surface area contributed by atoms with Gasteiger partial charge in [-0.15, -0.1) is 0 Å². The Bertz CT molecular complexity index is 1600. The van der Waals surface area contributed by atoms with Gasteiger partial charge in [-0.1, -0.05) is 18.2 Å². The molecule has 0 unspecified atom stereocenters. The molecule has 2 saturated heterocycles. The predicted molar refractivity (Wildman–Crippen MR) is 161 cm³/mol. The van der Waals surface area contributed by atoms with Crippen molar-refractivity contribution in [1.29, 1.82) is 0 Å². The van der Waals surface area contributed by atoms with E-state index in [0.29, 0.717) is 48.4 Å². The molecule has 9 nitrogen and oxygen atoms in total.